The molecule has 0 aromatic heterocycles. The maximum Gasteiger partial charge on any atom is 0.0193 e. The van der Waals surface area contributed by atoms with Crippen molar-refractivity contribution in [1.82, 2.24) is 10.2 Å². The zero-order chi connectivity index (χ0) is 10.6. The van der Waals surface area contributed by atoms with Gasteiger partial charge in [-0.15, -0.1) is 0 Å². The summed E-state index contributed by atoms with van der Waals surface area (Å²) in [5, 5.41) is 4.31. The first-order chi connectivity index (χ1) is 6.63. The van der Waals surface area contributed by atoms with Gasteiger partial charge in [-0.2, -0.15) is 11.8 Å². The maximum atomic E-state index is 3.52. The van der Waals surface area contributed by atoms with Crippen molar-refractivity contribution < 1.29 is 0 Å². The Morgan fingerprint density at radius 1 is 1.50 bits per heavy atom. The van der Waals surface area contributed by atoms with Crippen LogP contribution >= 0.6 is 11.8 Å². The molecule has 0 aromatic carbocycles. The number of hydrogen-bond donors (Lipinski definition) is 1. The Labute approximate surface area is 92.8 Å². The summed E-state index contributed by atoms with van der Waals surface area (Å²) in [7, 11) is 0. The van der Waals surface area contributed by atoms with Crippen LogP contribution in [-0.2, 0) is 0 Å². The molecule has 1 aliphatic rings. The molecule has 0 aliphatic carbocycles. The molecule has 3 atom stereocenters. The van der Waals surface area contributed by atoms with Crippen LogP contribution in [-0.4, -0.2) is 48.1 Å². The van der Waals surface area contributed by atoms with Gasteiger partial charge in [0.25, 0.3) is 0 Å². The Balaban J connectivity index is 2.27. The summed E-state index contributed by atoms with van der Waals surface area (Å²) in [4.78, 5) is 2.62. The van der Waals surface area contributed by atoms with E-state index in [0.717, 1.165) is 11.8 Å². The molecule has 0 radical (unpaired) electrons. The lowest BCUT2D eigenvalue weighted by atomic mass is 10.1. The molecule has 0 bridgehead atoms. The normalized spacial score (nSPS) is 31.7. The second-order valence-corrected chi connectivity index (χ2v) is 5.76. The molecule has 1 fully saturated rings. The second-order valence-electron chi connectivity index (χ2n) is 4.49. The molecule has 1 rings (SSSR count). The minimum absolute atomic E-state index is 0.663. The van der Waals surface area contributed by atoms with Crippen molar-refractivity contribution in [2.45, 2.75) is 44.5 Å². The summed E-state index contributed by atoms with van der Waals surface area (Å²) in [6.07, 6.45) is 3.52. The average molecular weight is 216 g/mol. The molecule has 1 heterocycles. The Morgan fingerprint density at radius 2 is 2.21 bits per heavy atom. The van der Waals surface area contributed by atoms with E-state index in [1.54, 1.807) is 0 Å². The van der Waals surface area contributed by atoms with Gasteiger partial charge in [0.2, 0.25) is 0 Å². The predicted molar refractivity (Wildman–Crippen MR) is 66.1 cm³/mol. The number of hydrogen-bond acceptors (Lipinski definition) is 3. The Hall–Kier alpha value is 0.270. The Kier molecular flexibility index (Phi) is 5.28. The van der Waals surface area contributed by atoms with Crippen molar-refractivity contribution in [3.05, 3.63) is 0 Å². The van der Waals surface area contributed by atoms with Crippen LogP contribution < -0.4 is 5.32 Å². The first-order valence-corrected chi connectivity index (χ1v) is 6.92. The topological polar surface area (TPSA) is 15.3 Å². The molecule has 0 saturated carbocycles. The molecule has 1 aliphatic heterocycles. The largest absolute Gasteiger partial charge is 0.311 e. The fraction of sp³-hybridized carbons (Fsp3) is 1.00. The summed E-state index contributed by atoms with van der Waals surface area (Å²) < 4.78 is 0. The van der Waals surface area contributed by atoms with Crippen LogP contribution in [0.2, 0.25) is 0 Å². The van der Waals surface area contributed by atoms with Crippen molar-refractivity contribution >= 4 is 11.8 Å². The molecule has 1 saturated heterocycles. The summed E-state index contributed by atoms with van der Waals surface area (Å²) in [5.74, 6) is 0. The van der Waals surface area contributed by atoms with E-state index in [2.05, 4.69) is 37.2 Å². The van der Waals surface area contributed by atoms with E-state index < -0.39 is 0 Å². The summed E-state index contributed by atoms with van der Waals surface area (Å²) in [5.41, 5.74) is 0. The lowest BCUT2D eigenvalue weighted by molar-refractivity contribution is 0.145. The minimum atomic E-state index is 0.663. The predicted octanol–water partition coefficient (Wildman–Crippen LogP) is 1.81. The monoisotopic (exact) mass is 216 g/mol. The number of nitrogens with zero attached hydrogens (tertiary/aromatic N) is 1. The fourth-order valence-corrected chi connectivity index (χ4v) is 2.22. The third-order valence-electron chi connectivity index (χ3n) is 3.12. The summed E-state index contributed by atoms with van der Waals surface area (Å²) in [6, 6.07) is 1.37. The van der Waals surface area contributed by atoms with Crippen LogP contribution in [0, 0.1) is 0 Å². The third kappa shape index (κ3) is 3.79. The quantitative estimate of drug-likeness (QED) is 0.771. The average Bonchev–Trinajstić information content (AvgIpc) is 2.19. The molecule has 0 spiro atoms. The van der Waals surface area contributed by atoms with E-state index in [0.29, 0.717) is 12.1 Å². The van der Waals surface area contributed by atoms with E-state index in [1.807, 2.05) is 11.8 Å². The van der Waals surface area contributed by atoms with Crippen LogP contribution in [0.15, 0.2) is 0 Å². The number of rotatable bonds is 4. The van der Waals surface area contributed by atoms with Crippen LogP contribution in [0.1, 0.15) is 27.2 Å². The Morgan fingerprint density at radius 3 is 2.86 bits per heavy atom. The van der Waals surface area contributed by atoms with E-state index >= 15 is 0 Å². The van der Waals surface area contributed by atoms with Crippen molar-refractivity contribution in [3.63, 3.8) is 0 Å². The second kappa shape index (κ2) is 5.99. The van der Waals surface area contributed by atoms with Gasteiger partial charge in [-0.25, -0.2) is 0 Å². The van der Waals surface area contributed by atoms with Crippen LogP contribution in [0.25, 0.3) is 0 Å². The molecular formula is C11H24N2S. The van der Waals surface area contributed by atoms with E-state index in [9.17, 15) is 0 Å². The molecule has 1 N–H and O–H groups in total. The van der Waals surface area contributed by atoms with Crippen molar-refractivity contribution in [3.8, 4) is 0 Å². The van der Waals surface area contributed by atoms with Gasteiger partial charge in [0.15, 0.2) is 0 Å². The summed E-state index contributed by atoms with van der Waals surface area (Å²) >= 11 is 1.97. The van der Waals surface area contributed by atoms with E-state index in [-0.39, 0.29) is 0 Å². The van der Waals surface area contributed by atoms with Crippen LogP contribution in [0.3, 0.4) is 0 Å². The molecule has 0 amide bonds. The maximum absolute atomic E-state index is 3.52. The fourth-order valence-electron chi connectivity index (χ4n) is 1.87. The van der Waals surface area contributed by atoms with Crippen LogP contribution in [0.5, 0.6) is 0 Å². The molecule has 2 nitrogen and oxygen atoms in total. The highest BCUT2D eigenvalue weighted by atomic mass is 32.2. The van der Waals surface area contributed by atoms with Gasteiger partial charge in [-0.1, -0.05) is 6.92 Å². The summed E-state index contributed by atoms with van der Waals surface area (Å²) in [6.45, 7) is 10.5. The molecular weight excluding hydrogens is 192 g/mol. The van der Waals surface area contributed by atoms with Crippen molar-refractivity contribution in [1.29, 1.82) is 0 Å². The van der Waals surface area contributed by atoms with Gasteiger partial charge in [0.05, 0.1) is 0 Å². The van der Waals surface area contributed by atoms with Crippen LogP contribution in [0.4, 0.5) is 0 Å². The molecule has 0 aromatic rings. The lowest BCUT2D eigenvalue weighted by Gasteiger charge is -2.37. The van der Waals surface area contributed by atoms with Gasteiger partial charge in [-0.05, 0) is 33.1 Å². The number of thioether (sulfide) groups is 1. The lowest BCUT2D eigenvalue weighted by Crippen LogP contribution is -2.54. The smallest absolute Gasteiger partial charge is 0.0193 e. The number of nitrogens with one attached hydrogen (secondary N) is 1. The highest BCUT2D eigenvalue weighted by Crippen LogP contribution is 2.13. The molecule has 3 heteroatoms. The highest BCUT2D eigenvalue weighted by molar-refractivity contribution is 7.99. The Bertz CT molecular complexity index is 163. The first-order valence-electron chi connectivity index (χ1n) is 5.63. The van der Waals surface area contributed by atoms with Gasteiger partial charge < -0.3 is 5.32 Å². The SMILES string of the molecule is CSC(C)CCN1CC(C)NCC1C. The number of piperazine rings is 1. The molecule has 84 valence electrons. The third-order valence-corrected chi connectivity index (χ3v) is 4.16. The molecule has 14 heavy (non-hydrogen) atoms. The van der Waals surface area contributed by atoms with Crippen molar-refractivity contribution in [2.75, 3.05) is 25.9 Å². The van der Waals surface area contributed by atoms with Gasteiger partial charge in [-0.3, -0.25) is 4.90 Å². The van der Waals surface area contributed by atoms with Gasteiger partial charge in [0, 0.05) is 30.4 Å². The minimum Gasteiger partial charge on any atom is -0.311 e. The zero-order valence-corrected chi connectivity index (χ0v) is 10.7. The van der Waals surface area contributed by atoms with Gasteiger partial charge in [0.1, 0.15) is 0 Å². The van der Waals surface area contributed by atoms with E-state index in [1.165, 1.54) is 19.5 Å². The molecule has 3 unspecified atom stereocenters. The van der Waals surface area contributed by atoms with E-state index in [4.69, 9.17) is 0 Å². The standard InChI is InChI=1S/C11H24N2S/c1-9-8-13(10(2)7-12-9)6-5-11(3)14-4/h9-12H,5-8H2,1-4H3. The zero-order valence-electron chi connectivity index (χ0n) is 9.92. The van der Waals surface area contributed by atoms with Gasteiger partial charge >= 0.3 is 0 Å². The highest BCUT2D eigenvalue weighted by Gasteiger charge is 2.21. The van der Waals surface area contributed by atoms with Crippen molar-refractivity contribution in [2.24, 2.45) is 0 Å². The first kappa shape index (κ1) is 12.3.